The molecule has 0 saturated heterocycles. The van der Waals surface area contributed by atoms with Crippen LogP contribution in [-0.4, -0.2) is 19.7 Å². The molecule has 0 fully saturated rings. The van der Waals surface area contributed by atoms with Gasteiger partial charge in [-0.05, 0) is 60.1 Å². The van der Waals surface area contributed by atoms with Crippen LogP contribution in [0.15, 0.2) is 18.2 Å². The number of hydrogen-bond donors (Lipinski definition) is 0. The molecule has 0 amide bonds. The summed E-state index contributed by atoms with van der Waals surface area (Å²) >= 11 is 2.25. The molecule has 17 heavy (non-hydrogen) atoms. The van der Waals surface area contributed by atoms with E-state index in [9.17, 15) is 4.79 Å². The SMILES string of the molecule is CCOC(=O)CCCc1ccc(OC)c(I)c1. The Kier molecular flexibility index (Phi) is 6.32. The highest BCUT2D eigenvalue weighted by Gasteiger charge is 2.04. The van der Waals surface area contributed by atoms with Crippen LogP contribution < -0.4 is 4.74 Å². The number of aryl methyl sites for hydroxylation is 1. The van der Waals surface area contributed by atoms with Gasteiger partial charge in [0.1, 0.15) is 5.75 Å². The monoisotopic (exact) mass is 348 g/mol. The van der Waals surface area contributed by atoms with Crippen LogP contribution in [0.1, 0.15) is 25.3 Å². The minimum absolute atomic E-state index is 0.115. The first-order valence-corrected chi connectivity index (χ1v) is 6.73. The zero-order chi connectivity index (χ0) is 12.7. The first kappa shape index (κ1) is 14.3. The number of esters is 1. The summed E-state index contributed by atoms with van der Waals surface area (Å²) in [5.41, 5.74) is 1.22. The summed E-state index contributed by atoms with van der Waals surface area (Å²) < 4.78 is 11.2. The molecule has 0 aromatic heterocycles. The highest BCUT2D eigenvalue weighted by atomic mass is 127. The van der Waals surface area contributed by atoms with Crippen LogP contribution in [0.5, 0.6) is 5.75 Å². The van der Waals surface area contributed by atoms with E-state index >= 15 is 0 Å². The molecule has 1 rings (SSSR count). The Hall–Kier alpha value is -0.780. The summed E-state index contributed by atoms with van der Waals surface area (Å²) in [5, 5.41) is 0. The van der Waals surface area contributed by atoms with Gasteiger partial charge in [-0.2, -0.15) is 0 Å². The molecule has 3 nitrogen and oxygen atoms in total. The zero-order valence-electron chi connectivity index (χ0n) is 10.2. The summed E-state index contributed by atoms with van der Waals surface area (Å²) in [5.74, 6) is 0.774. The summed E-state index contributed by atoms with van der Waals surface area (Å²) in [7, 11) is 1.66. The smallest absolute Gasteiger partial charge is 0.305 e. The van der Waals surface area contributed by atoms with E-state index in [2.05, 4.69) is 28.7 Å². The van der Waals surface area contributed by atoms with E-state index in [1.165, 1.54) is 5.56 Å². The average Bonchev–Trinajstić information content (AvgIpc) is 2.29. The third-order valence-corrected chi connectivity index (χ3v) is 3.21. The number of carbonyl (C=O) groups is 1. The summed E-state index contributed by atoms with van der Waals surface area (Å²) in [6.45, 7) is 2.28. The van der Waals surface area contributed by atoms with Crippen LogP contribution in [0.2, 0.25) is 0 Å². The molecule has 0 heterocycles. The minimum Gasteiger partial charge on any atom is -0.496 e. The number of halogens is 1. The molecule has 0 spiro atoms. The lowest BCUT2D eigenvalue weighted by molar-refractivity contribution is -0.143. The van der Waals surface area contributed by atoms with Crippen LogP contribution in [0.3, 0.4) is 0 Å². The van der Waals surface area contributed by atoms with Crippen molar-refractivity contribution in [1.29, 1.82) is 0 Å². The number of benzene rings is 1. The van der Waals surface area contributed by atoms with Crippen molar-refractivity contribution in [1.82, 2.24) is 0 Å². The molecular weight excluding hydrogens is 331 g/mol. The lowest BCUT2D eigenvalue weighted by Crippen LogP contribution is -2.04. The van der Waals surface area contributed by atoms with Crippen molar-refractivity contribution < 1.29 is 14.3 Å². The summed E-state index contributed by atoms with van der Waals surface area (Å²) in [4.78, 5) is 11.2. The lowest BCUT2D eigenvalue weighted by atomic mass is 10.1. The molecule has 0 aliphatic rings. The highest BCUT2D eigenvalue weighted by molar-refractivity contribution is 14.1. The van der Waals surface area contributed by atoms with Gasteiger partial charge in [-0.25, -0.2) is 0 Å². The fourth-order valence-electron chi connectivity index (χ4n) is 1.54. The number of ether oxygens (including phenoxy) is 2. The van der Waals surface area contributed by atoms with Crippen molar-refractivity contribution in [3.05, 3.63) is 27.3 Å². The van der Waals surface area contributed by atoms with Crippen LogP contribution >= 0.6 is 22.6 Å². The van der Waals surface area contributed by atoms with Gasteiger partial charge in [0.15, 0.2) is 0 Å². The second-order valence-corrected chi connectivity index (χ2v) is 4.79. The molecule has 0 aliphatic carbocycles. The van der Waals surface area contributed by atoms with E-state index in [4.69, 9.17) is 9.47 Å². The molecule has 0 atom stereocenters. The molecule has 94 valence electrons. The number of carbonyl (C=O) groups excluding carboxylic acids is 1. The lowest BCUT2D eigenvalue weighted by Gasteiger charge is -2.06. The van der Waals surface area contributed by atoms with Gasteiger partial charge in [0.05, 0.1) is 17.3 Å². The molecule has 0 aliphatic heterocycles. The Morgan fingerprint density at radius 1 is 1.41 bits per heavy atom. The molecule has 1 aromatic rings. The van der Waals surface area contributed by atoms with E-state index in [1.54, 1.807) is 7.11 Å². The van der Waals surface area contributed by atoms with Crippen molar-refractivity contribution in [2.24, 2.45) is 0 Å². The van der Waals surface area contributed by atoms with Gasteiger partial charge < -0.3 is 9.47 Å². The largest absolute Gasteiger partial charge is 0.496 e. The molecular formula is C13H17IO3. The molecule has 4 heteroatoms. The van der Waals surface area contributed by atoms with Crippen molar-refractivity contribution in [3.63, 3.8) is 0 Å². The van der Waals surface area contributed by atoms with Crippen molar-refractivity contribution in [3.8, 4) is 5.75 Å². The van der Waals surface area contributed by atoms with Gasteiger partial charge >= 0.3 is 5.97 Å². The maximum absolute atomic E-state index is 11.2. The standard InChI is InChI=1S/C13H17IO3/c1-3-17-13(15)6-4-5-10-7-8-12(16-2)11(14)9-10/h7-9H,3-6H2,1-2H3. The normalized spacial score (nSPS) is 10.1. The first-order chi connectivity index (χ1) is 8.17. The second kappa shape index (κ2) is 7.53. The fourth-order valence-corrected chi connectivity index (χ4v) is 2.34. The van der Waals surface area contributed by atoms with Crippen LogP contribution in [0, 0.1) is 3.57 Å². The molecule has 0 bridgehead atoms. The Morgan fingerprint density at radius 2 is 2.18 bits per heavy atom. The maximum atomic E-state index is 11.2. The quantitative estimate of drug-likeness (QED) is 0.585. The highest BCUT2D eigenvalue weighted by Crippen LogP contribution is 2.22. The van der Waals surface area contributed by atoms with Crippen LogP contribution in [0.4, 0.5) is 0 Å². The topological polar surface area (TPSA) is 35.5 Å². The second-order valence-electron chi connectivity index (χ2n) is 3.63. The van der Waals surface area contributed by atoms with Crippen molar-refractivity contribution >= 4 is 28.6 Å². The molecule has 1 aromatic carbocycles. The van der Waals surface area contributed by atoms with Crippen molar-refractivity contribution in [2.45, 2.75) is 26.2 Å². The van der Waals surface area contributed by atoms with Gasteiger partial charge in [-0.1, -0.05) is 6.07 Å². The van der Waals surface area contributed by atoms with Gasteiger partial charge in [0.25, 0.3) is 0 Å². The van der Waals surface area contributed by atoms with Crippen LogP contribution in [-0.2, 0) is 16.0 Å². The molecule has 0 N–H and O–H groups in total. The first-order valence-electron chi connectivity index (χ1n) is 5.65. The van der Waals surface area contributed by atoms with E-state index in [-0.39, 0.29) is 5.97 Å². The van der Waals surface area contributed by atoms with E-state index < -0.39 is 0 Å². The Balaban J connectivity index is 2.42. The molecule has 0 saturated carbocycles. The van der Waals surface area contributed by atoms with Gasteiger partial charge in [-0.3, -0.25) is 4.79 Å². The molecule has 0 radical (unpaired) electrons. The van der Waals surface area contributed by atoms with E-state index in [1.807, 2.05) is 19.1 Å². The third kappa shape index (κ3) is 4.93. The number of rotatable bonds is 6. The summed E-state index contributed by atoms with van der Waals surface area (Å²) in [6.07, 6.45) is 2.19. The summed E-state index contributed by atoms with van der Waals surface area (Å²) in [6, 6.07) is 6.08. The van der Waals surface area contributed by atoms with Gasteiger partial charge in [-0.15, -0.1) is 0 Å². The Bertz CT molecular complexity index is 377. The number of methoxy groups -OCH3 is 1. The third-order valence-electron chi connectivity index (χ3n) is 2.37. The average molecular weight is 348 g/mol. The van der Waals surface area contributed by atoms with Crippen LogP contribution in [0.25, 0.3) is 0 Å². The minimum atomic E-state index is -0.115. The Morgan fingerprint density at radius 3 is 2.76 bits per heavy atom. The van der Waals surface area contributed by atoms with E-state index in [0.29, 0.717) is 13.0 Å². The fraction of sp³-hybridized carbons (Fsp3) is 0.462. The van der Waals surface area contributed by atoms with Gasteiger partial charge in [0, 0.05) is 6.42 Å². The maximum Gasteiger partial charge on any atom is 0.305 e. The predicted octanol–water partition coefficient (Wildman–Crippen LogP) is 3.19. The number of hydrogen-bond acceptors (Lipinski definition) is 3. The predicted molar refractivity (Wildman–Crippen MR) is 75.3 cm³/mol. The van der Waals surface area contributed by atoms with Gasteiger partial charge in [0.2, 0.25) is 0 Å². The van der Waals surface area contributed by atoms with Crippen molar-refractivity contribution in [2.75, 3.05) is 13.7 Å². The Labute approximate surface area is 116 Å². The molecule has 0 unspecified atom stereocenters. The zero-order valence-corrected chi connectivity index (χ0v) is 12.3. The van der Waals surface area contributed by atoms with E-state index in [0.717, 1.165) is 22.2 Å².